The molecule has 0 fully saturated rings. The second-order valence-electron chi connectivity index (χ2n) is 3.13. The van der Waals surface area contributed by atoms with Crippen molar-refractivity contribution in [2.24, 2.45) is 5.73 Å². The van der Waals surface area contributed by atoms with Crippen molar-refractivity contribution in [1.29, 1.82) is 0 Å². The third kappa shape index (κ3) is 3.82. The summed E-state index contributed by atoms with van der Waals surface area (Å²) in [5.74, 6) is -0.509. The van der Waals surface area contributed by atoms with E-state index in [4.69, 9.17) is 5.73 Å². The molecule has 3 N–H and O–H groups in total. The van der Waals surface area contributed by atoms with Gasteiger partial charge in [0, 0.05) is 0 Å². The second-order valence-corrected chi connectivity index (χ2v) is 6.15. The van der Waals surface area contributed by atoms with Crippen LogP contribution >= 0.6 is 15.9 Å². The molecule has 0 unspecified atom stereocenters. The number of primary amides is 1. The molecule has 0 radical (unpaired) electrons. The third-order valence-corrected chi connectivity index (χ3v) is 4.42. The smallest absolute Gasteiger partial charge is 0.242 e. The van der Waals surface area contributed by atoms with Crippen molar-refractivity contribution in [2.75, 3.05) is 9.38 Å². The van der Waals surface area contributed by atoms with E-state index in [2.05, 4.69) is 20.7 Å². The normalized spacial score (nSPS) is 11.1. The van der Waals surface area contributed by atoms with Crippen LogP contribution in [0.25, 0.3) is 0 Å². The van der Waals surface area contributed by atoms with Gasteiger partial charge in [-0.2, -0.15) is 0 Å². The Morgan fingerprint density at radius 2 is 2.00 bits per heavy atom. The van der Waals surface area contributed by atoms with E-state index in [9.17, 15) is 13.2 Å². The van der Waals surface area contributed by atoms with Gasteiger partial charge in [0.05, 0.1) is 12.1 Å². The topological polar surface area (TPSA) is 89.3 Å². The van der Waals surface area contributed by atoms with Gasteiger partial charge in [0.25, 0.3) is 0 Å². The summed E-state index contributed by atoms with van der Waals surface area (Å²) in [6.07, 6.45) is 0.000971. The van der Waals surface area contributed by atoms with Crippen molar-refractivity contribution in [1.82, 2.24) is 0 Å². The summed E-state index contributed by atoms with van der Waals surface area (Å²) in [6, 6.07) is 6.62. The first kappa shape index (κ1) is 13.0. The van der Waals surface area contributed by atoms with E-state index < -0.39 is 15.9 Å². The van der Waals surface area contributed by atoms with Crippen LogP contribution in [-0.4, -0.2) is 19.0 Å². The number of carbonyl (C=O) groups excluding carboxylic acids is 1. The lowest BCUT2D eigenvalue weighted by atomic mass is 10.1. The third-order valence-electron chi connectivity index (χ3n) is 1.79. The molecule has 0 aliphatic heterocycles. The number of hydrogen-bond acceptors (Lipinski definition) is 3. The first-order chi connectivity index (χ1) is 7.44. The highest BCUT2D eigenvalue weighted by atomic mass is 79.9. The number of anilines is 1. The fraction of sp³-hybridized carbons (Fsp3) is 0.222. The molecule has 0 saturated heterocycles. The molecule has 1 aromatic rings. The number of amides is 1. The van der Waals surface area contributed by atoms with Crippen LogP contribution in [-0.2, 0) is 21.2 Å². The van der Waals surface area contributed by atoms with Crippen LogP contribution in [0.2, 0.25) is 0 Å². The van der Waals surface area contributed by atoms with Gasteiger partial charge in [0.1, 0.15) is 4.66 Å². The molecule has 1 amide bonds. The number of alkyl halides is 1. The van der Waals surface area contributed by atoms with Gasteiger partial charge in [-0.3, -0.25) is 9.52 Å². The number of sulfonamides is 1. The quantitative estimate of drug-likeness (QED) is 0.789. The van der Waals surface area contributed by atoms with Gasteiger partial charge < -0.3 is 5.73 Å². The van der Waals surface area contributed by atoms with Crippen molar-refractivity contribution in [3.63, 3.8) is 0 Å². The molecule has 0 saturated carbocycles. The van der Waals surface area contributed by atoms with Gasteiger partial charge in [-0.15, -0.1) is 0 Å². The Hall–Kier alpha value is -1.08. The lowest BCUT2D eigenvalue weighted by Gasteiger charge is -2.09. The highest BCUT2D eigenvalue weighted by Crippen LogP contribution is 2.17. The zero-order valence-corrected chi connectivity index (χ0v) is 10.7. The van der Waals surface area contributed by atoms with Gasteiger partial charge in [-0.05, 0) is 11.6 Å². The molecule has 88 valence electrons. The number of halogens is 1. The van der Waals surface area contributed by atoms with Crippen LogP contribution in [0, 0.1) is 0 Å². The van der Waals surface area contributed by atoms with Gasteiger partial charge in [-0.1, -0.05) is 34.1 Å². The van der Waals surface area contributed by atoms with Crippen molar-refractivity contribution in [2.45, 2.75) is 6.42 Å². The zero-order chi connectivity index (χ0) is 12.2. The maximum atomic E-state index is 11.3. The molecule has 0 spiro atoms. The number of para-hydroxylation sites is 1. The molecule has 1 rings (SSSR count). The Kier molecular flexibility index (Phi) is 4.31. The Balaban J connectivity index is 3.00. The Morgan fingerprint density at radius 3 is 2.56 bits per heavy atom. The lowest BCUT2D eigenvalue weighted by molar-refractivity contribution is -0.117. The number of nitrogens with two attached hydrogens (primary N) is 1. The molecule has 7 heteroatoms. The molecule has 5 nitrogen and oxygen atoms in total. The van der Waals surface area contributed by atoms with Crippen LogP contribution in [0.5, 0.6) is 0 Å². The van der Waals surface area contributed by atoms with Crippen molar-refractivity contribution < 1.29 is 13.2 Å². The molecule has 0 atom stereocenters. The Bertz CT molecular complexity index is 487. The fourth-order valence-corrected chi connectivity index (χ4v) is 2.09. The minimum atomic E-state index is -3.42. The lowest BCUT2D eigenvalue weighted by Crippen LogP contribution is -2.18. The van der Waals surface area contributed by atoms with Gasteiger partial charge in [0.15, 0.2) is 0 Å². The molecule has 16 heavy (non-hydrogen) atoms. The maximum absolute atomic E-state index is 11.3. The summed E-state index contributed by atoms with van der Waals surface area (Å²) >= 11 is 2.86. The zero-order valence-electron chi connectivity index (χ0n) is 8.31. The Morgan fingerprint density at radius 1 is 1.38 bits per heavy atom. The SMILES string of the molecule is NC(=O)Cc1ccccc1NS(=O)(=O)CBr. The van der Waals surface area contributed by atoms with E-state index in [-0.39, 0.29) is 11.1 Å². The van der Waals surface area contributed by atoms with Crippen LogP contribution < -0.4 is 10.5 Å². The molecule has 0 aromatic heterocycles. The van der Waals surface area contributed by atoms with Crippen LogP contribution in [0.3, 0.4) is 0 Å². The largest absolute Gasteiger partial charge is 0.369 e. The average molecular weight is 307 g/mol. The highest BCUT2D eigenvalue weighted by Gasteiger charge is 2.11. The van der Waals surface area contributed by atoms with Crippen molar-refractivity contribution >= 4 is 37.5 Å². The van der Waals surface area contributed by atoms with E-state index >= 15 is 0 Å². The molecule has 1 aromatic carbocycles. The number of nitrogens with one attached hydrogen (secondary N) is 1. The van der Waals surface area contributed by atoms with E-state index in [1.54, 1.807) is 24.3 Å². The highest BCUT2D eigenvalue weighted by molar-refractivity contribution is 9.10. The minimum absolute atomic E-state index is 0.000971. The average Bonchev–Trinajstić information content (AvgIpc) is 2.20. The van der Waals surface area contributed by atoms with Gasteiger partial charge in [-0.25, -0.2) is 8.42 Å². The summed E-state index contributed by atoms with van der Waals surface area (Å²) in [7, 11) is -3.42. The fourth-order valence-electron chi connectivity index (χ4n) is 1.16. The number of hydrogen-bond donors (Lipinski definition) is 2. The van der Waals surface area contributed by atoms with E-state index in [0.717, 1.165) is 0 Å². The summed E-state index contributed by atoms with van der Waals surface area (Å²) in [4.78, 5) is 10.8. The van der Waals surface area contributed by atoms with Crippen molar-refractivity contribution in [3.8, 4) is 0 Å². The summed E-state index contributed by atoms with van der Waals surface area (Å²) in [5, 5.41) is 0. The molecular formula is C9H11BrN2O3S. The number of rotatable bonds is 5. The number of benzene rings is 1. The van der Waals surface area contributed by atoms with Gasteiger partial charge in [0.2, 0.25) is 15.9 Å². The van der Waals surface area contributed by atoms with Crippen molar-refractivity contribution in [3.05, 3.63) is 29.8 Å². The second kappa shape index (κ2) is 5.31. The van der Waals surface area contributed by atoms with Crippen LogP contribution in [0.1, 0.15) is 5.56 Å². The predicted octanol–water partition coefficient (Wildman–Crippen LogP) is 0.809. The minimum Gasteiger partial charge on any atom is -0.369 e. The first-order valence-corrected chi connectivity index (χ1v) is 7.14. The predicted molar refractivity (Wildman–Crippen MR) is 65.7 cm³/mol. The molecule has 0 aliphatic carbocycles. The standard InChI is InChI=1S/C9H11BrN2O3S/c10-6-16(14,15)12-8-4-2-1-3-7(8)5-9(11)13/h1-4,12H,5-6H2,(H2,11,13). The summed E-state index contributed by atoms with van der Waals surface area (Å²) in [6.45, 7) is 0. The molecule has 0 bridgehead atoms. The van der Waals surface area contributed by atoms with E-state index in [1.807, 2.05) is 0 Å². The Labute approximate surface area is 102 Å². The molecule has 0 aliphatic rings. The van der Waals surface area contributed by atoms with E-state index in [1.165, 1.54) is 0 Å². The molecule has 0 heterocycles. The summed E-state index contributed by atoms with van der Waals surface area (Å²) in [5.41, 5.74) is 6.00. The molecular weight excluding hydrogens is 296 g/mol. The van der Waals surface area contributed by atoms with E-state index in [0.29, 0.717) is 11.3 Å². The summed E-state index contributed by atoms with van der Waals surface area (Å²) < 4.78 is 24.8. The monoisotopic (exact) mass is 306 g/mol. The maximum Gasteiger partial charge on any atom is 0.242 e. The number of carbonyl (C=O) groups is 1. The van der Waals surface area contributed by atoms with Gasteiger partial charge >= 0.3 is 0 Å². The first-order valence-electron chi connectivity index (χ1n) is 4.37. The van der Waals surface area contributed by atoms with Crippen LogP contribution in [0.4, 0.5) is 5.69 Å². The van der Waals surface area contributed by atoms with Crippen LogP contribution in [0.15, 0.2) is 24.3 Å².